The summed E-state index contributed by atoms with van der Waals surface area (Å²) in [6, 6.07) is 22.0. The van der Waals surface area contributed by atoms with Gasteiger partial charge in [-0.25, -0.2) is 4.98 Å². The molecule has 0 aliphatic carbocycles. The average molecular weight is 425 g/mol. The van der Waals surface area contributed by atoms with E-state index in [0.717, 1.165) is 11.3 Å². The van der Waals surface area contributed by atoms with Crippen LogP contribution in [-0.2, 0) is 0 Å². The van der Waals surface area contributed by atoms with E-state index in [2.05, 4.69) is 105 Å². The molecule has 2 nitrogen and oxygen atoms in total. The Hall–Kier alpha value is -2.91. The number of imidazole rings is 1. The third-order valence-corrected chi connectivity index (χ3v) is 7.04. The van der Waals surface area contributed by atoms with Crippen LogP contribution in [-0.4, -0.2) is 9.55 Å². The molecule has 0 fully saturated rings. The number of nitrogens with zero attached hydrogens (tertiary/aromatic N) is 2. The highest BCUT2D eigenvalue weighted by atomic mass is 32.1. The molecule has 0 radical (unpaired) electrons. The van der Waals surface area contributed by atoms with Crippen molar-refractivity contribution in [2.24, 2.45) is 0 Å². The Balaban J connectivity index is 1.92. The molecule has 0 unspecified atom stereocenters. The highest BCUT2D eigenvalue weighted by molar-refractivity contribution is 7.17. The highest BCUT2D eigenvalue weighted by Gasteiger charge is 2.23. The van der Waals surface area contributed by atoms with E-state index in [0.29, 0.717) is 11.8 Å². The van der Waals surface area contributed by atoms with Crippen molar-refractivity contribution in [1.82, 2.24) is 9.55 Å². The number of aromatic nitrogens is 2. The van der Waals surface area contributed by atoms with E-state index < -0.39 is 0 Å². The first-order valence-corrected chi connectivity index (χ1v) is 11.9. The van der Waals surface area contributed by atoms with Gasteiger partial charge in [0, 0.05) is 21.0 Å². The van der Waals surface area contributed by atoms with Crippen LogP contribution in [0.25, 0.3) is 38.2 Å². The number of thiophene rings is 1. The second-order valence-corrected chi connectivity index (χ2v) is 9.91. The first-order valence-electron chi connectivity index (χ1n) is 11.0. The maximum absolute atomic E-state index is 5.17. The lowest BCUT2D eigenvalue weighted by Crippen LogP contribution is -2.08. The molecule has 0 aliphatic rings. The van der Waals surface area contributed by atoms with Gasteiger partial charge in [-0.15, -0.1) is 11.3 Å². The predicted octanol–water partition coefficient (Wildman–Crippen LogP) is 8.46. The molecule has 0 bridgehead atoms. The Kier molecular flexibility index (Phi) is 4.94. The van der Waals surface area contributed by atoms with Gasteiger partial charge in [-0.05, 0) is 53.6 Å². The number of hydrogen-bond donors (Lipinski definition) is 0. The third-order valence-electron chi connectivity index (χ3n) is 6.10. The van der Waals surface area contributed by atoms with Crippen molar-refractivity contribution in [2.75, 3.05) is 0 Å². The number of para-hydroxylation sites is 3. The molecule has 2 heterocycles. The van der Waals surface area contributed by atoms with Crippen molar-refractivity contribution in [1.29, 1.82) is 0 Å². The zero-order valence-corrected chi connectivity index (χ0v) is 19.6. The standard InChI is InChI=1S/C28H28N2S/c1-17(2)20-9-8-10-21(18(3)4)27(20)30-25-12-7-6-11-24(25)29-28(30)23-16-31-26-15-19(5)13-14-22(23)26/h6-18H,1-5H3. The Morgan fingerprint density at radius 2 is 1.55 bits per heavy atom. The Bertz CT molecular complexity index is 1380. The first kappa shape index (κ1) is 20.0. The van der Waals surface area contributed by atoms with Crippen LogP contribution in [0.5, 0.6) is 0 Å². The van der Waals surface area contributed by atoms with Gasteiger partial charge in [0.05, 0.1) is 16.7 Å². The van der Waals surface area contributed by atoms with Crippen molar-refractivity contribution in [3.05, 3.63) is 82.7 Å². The summed E-state index contributed by atoms with van der Waals surface area (Å²) in [5.41, 5.74) is 8.74. The second-order valence-electron chi connectivity index (χ2n) is 9.00. The fourth-order valence-corrected chi connectivity index (χ4v) is 5.55. The van der Waals surface area contributed by atoms with Gasteiger partial charge in [0.1, 0.15) is 5.82 Å². The quantitative estimate of drug-likeness (QED) is 0.283. The molecule has 0 N–H and O–H groups in total. The average Bonchev–Trinajstić information content (AvgIpc) is 3.33. The van der Waals surface area contributed by atoms with Crippen LogP contribution in [0.4, 0.5) is 0 Å². The van der Waals surface area contributed by atoms with E-state index in [1.54, 1.807) is 11.3 Å². The minimum absolute atomic E-state index is 0.421. The third kappa shape index (κ3) is 3.28. The number of hydrogen-bond acceptors (Lipinski definition) is 2. The SMILES string of the molecule is Cc1ccc2c(-c3nc4ccccc4n3-c3c(C(C)C)cccc3C(C)C)csc2c1. The fraction of sp³-hybridized carbons (Fsp3) is 0.250. The summed E-state index contributed by atoms with van der Waals surface area (Å²) in [7, 11) is 0. The van der Waals surface area contributed by atoms with E-state index in [9.17, 15) is 0 Å². The van der Waals surface area contributed by atoms with E-state index >= 15 is 0 Å². The van der Waals surface area contributed by atoms with Crippen molar-refractivity contribution in [2.45, 2.75) is 46.5 Å². The van der Waals surface area contributed by atoms with Crippen LogP contribution in [0.1, 0.15) is 56.2 Å². The van der Waals surface area contributed by atoms with Gasteiger partial charge >= 0.3 is 0 Å². The van der Waals surface area contributed by atoms with Gasteiger partial charge < -0.3 is 0 Å². The molecule has 0 spiro atoms. The molecule has 0 saturated heterocycles. The molecule has 5 aromatic rings. The van der Waals surface area contributed by atoms with Gasteiger partial charge in [0.2, 0.25) is 0 Å². The lowest BCUT2D eigenvalue weighted by atomic mass is 9.92. The van der Waals surface area contributed by atoms with Crippen LogP contribution in [0.3, 0.4) is 0 Å². The van der Waals surface area contributed by atoms with Crippen molar-refractivity contribution in [3.63, 3.8) is 0 Å². The first-order chi connectivity index (χ1) is 15.0. The molecule has 0 aliphatic heterocycles. The zero-order valence-electron chi connectivity index (χ0n) is 18.8. The summed E-state index contributed by atoms with van der Waals surface area (Å²) in [6.07, 6.45) is 0. The molecular weight excluding hydrogens is 396 g/mol. The summed E-state index contributed by atoms with van der Waals surface area (Å²) >= 11 is 1.80. The zero-order chi connectivity index (χ0) is 21.7. The molecule has 5 rings (SSSR count). The molecule has 3 heteroatoms. The minimum atomic E-state index is 0.421. The van der Waals surface area contributed by atoms with Crippen LogP contribution < -0.4 is 0 Å². The molecular formula is C28H28N2S. The molecule has 156 valence electrons. The van der Waals surface area contributed by atoms with Crippen LogP contribution in [0.15, 0.2) is 66.0 Å². The van der Waals surface area contributed by atoms with Crippen LogP contribution in [0.2, 0.25) is 0 Å². The van der Waals surface area contributed by atoms with Gasteiger partial charge in [0.15, 0.2) is 0 Å². The lowest BCUT2D eigenvalue weighted by Gasteiger charge is -2.22. The molecule has 31 heavy (non-hydrogen) atoms. The summed E-state index contributed by atoms with van der Waals surface area (Å²) in [4.78, 5) is 5.17. The van der Waals surface area contributed by atoms with Gasteiger partial charge in [-0.1, -0.05) is 70.2 Å². The van der Waals surface area contributed by atoms with Crippen molar-refractivity contribution < 1.29 is 0 Å². The molecule has 0 saturated carbocycles. The topological polar surface area (TPSA) is 17.8 Å². The molecule has 0 atom stereocenters. The van der Waals surface area contributed by atoms with Gasteiger partial charge in [0.25, 0.3) is 0 Å². The normalized spacial score (nSPS) is 12.0. The monoisotopic (exact) mass is 424 g/mol. The smallest absolute Gasteiger partial charge is 0.147 e. The Morgan fingerprint density at radius 1 is 0.839 bits per heavy atom. The number of fused-ring (bicyclic) bond motifs is 2. The highest BCUT2D eigenvalue weighted by Crippen LogP contribution is 2.40. The van der Waals surface area contributed by atoms with E-state index in [4.69, 9.17) is 4.98 Å². The number of aryl methyl sites for hydroxylation is 1. The minimum Gasteiger partial charge on any atom is -0.292 e. The van der Waals surface area contributed by atoms with Crippen molar-refractivity contribution in [3.8, 4) is 17.1 Å². The molecule has 2 aromatic heterocycles. The molecule has 0 amide bonds. The predicted molar refractivity (Wildman–Crippen MR) is 135 cm³/mol. The summed E-state index contributed by atoms with van der Waals surface area (Å²) in [5.74, 6) is 1.88. The van der Waals surface area contributed by atoms with E-state index in [1.165, 1.54) is 43.5 Å². The van der Waals surface area contributed by atoms with E-state index in [1.807, 2.05) is 0 Å². The molecule has 3 aromatic carbocycles. The lowest BCUT2D eigenvalue weighted by molar-refractivity contribution is 0.811. The fourth-order valence-electron chi connectivity index (χ4n) is 4.51. The Morgan fingerprint density at radius 3 is 2.26 bits per heavy atom. The van der Waals surface area contributed by atoms with E-state index in [-0.39, 0.29) is 0 Å². The number of benzene rings is 3. The van der Waals surface area contributed by atoms with Crippen LogP contribution >= 0.6 is 11.3 Å². The maximum atomic E-state index is 5.17. The number of rotatable bonds is 4. The Labute approximate surface area is 188 Å². The van der Waals surface area contributed by atoms with Crippen LogP contribution in [0, 0.1) is 6.92 Å². The van der Waals surface area contributed by atoms with Crippen molar-refractivity contribution >= 4 is 32.5 Å². The van der Waals surface area contributed by atoms with Gasteiger partial charge in [-0.3, -0.25) is 4.57 Å². The summed E-state index contributed by atoms with van der Waals surface area (Å²) < 4.78 is 3.73. The van der Waals surface area contributed by atoms with Gasteiger partial charge in [-0.2, -0.15) is 0 Å². The summed E-state index contributed by atoms with van der Waals surface area (Å²) in [5, 5.41) is 3.55. The largest absolute Gasteiger partial charge is 0.292 e. The maximum Gasteiger partial charge on any atom is 0.147 e. The second kappa shape index (κ2) is 7.65. The summed E-state index contributed by atoms with van der Waals surface area (Å²) in [6.45, 7) is 11.3.